The molecular weight excluding hydrogens is 489 g/mol. The van der Waals surface area contributed by atoms with Gasteiger partial charge in [-0.05, 0) is 41.5 Å². The van der Waals surface area contributed by atoms with Crippen molar-refractivity contribution in [1.82, 2.24) is 4.90 Å². The van der Waals surface area contributed by atoms with E-state index in [1.165, 1.54) is 17.0 Å². The normalized spacial score (nSPS) is 11.7. The van der Waals surface area contributed by atoms with Crippen molar-refractivity contribution in [3.05, 3.63) is 104 Å². The Labute approximate surface area is 193 Å². The predicted octanol–water partition coefficient (Wildman–Crippen LogP) is 6.09. The zero-order chi connectivity index (χ0) is 21.7. The quantitative estimate of drug-likeness (QED) is 0.421. The van der Waals surface area contributed by atoms with E-state index in [1.54, 1.807) is 6.07 Å². The lowest BCUT2D eigenvalue weighted by molar-refractivity contribution is -0.142. The first-order valence-electron chi connectivity index (χ1n) is 9.12. The van der Waals surface area contributed by atoms with Gasteiger partial charge in [0.05, 0.1) is 10.0 Å². The topological polar surface area (TPSA) is 57.6 Å². The molecule has 3 aromatic carbocycles. The zero-order valence-electron chi connectivity index (χ0n) is 15.8. The second-order valence-electron chi connectivity index (χ2n) is 6.74. The fourth-order valence-corrected chi connectivity index (χ4v) is 3.86. The van der Waals surface area contributed by atoms with E-state index in [0.29, 0.717) is 5.02 Å². The van der Waals surface area contributed by atoms with E-state index in [9.17, 15) is 14.7 Å². The number of carboxylic acids is 1. The standard InChI is InChI=1S/C23H18BrCl2NO3/c24-18-8-4-7-16(11-18)14-27(22(28)17-9-10-19(25)20(26)13-17)21(23(29)30)12-15-5-2-1-3-6-15/h1-11,13,21H,12,14H2,(H,29,30). The smallest absolute Gasteiger partial charge is 0.326 e. The van der Waals surface area contributed by atoms with Gasteiger partial charge in [-0.2, -0.15) is 0 Å². The van der Waals surface area contributed by atoms with Crippen molar-refractivity contribution in [3.63, 3.8) is 0 Å². The fraction of sp³-hybridized carbons (Fsp3) is 0.130. The Morgan fingerprint density at radius 1 is 0.900 bits per heavy atom. The molecule has 0 spiro atoms. The van der Waals surface area contributed by atoms with Crippen molar-refractivity contribution >= 4 is 51.0 Å². The van der Waals surface area contributed by atoms with Crippen LogP contribution >= 0.6 is 39.1 Å². The average molecular weight is 507 g/mol. The first kappa shape index (κ1) is 22.3. The van der Waals surface area contributed by atoms with Gasteiger partial charge in [-0.3, -0.25) is 4.79 Å². The van der Waals surface area contributed by atoms with Crippen LogP contribution in [0.4, 0.5) is 0 Å². The number of benzene rings is 3. The summed E-state index contributed by atoms with van der Waals surface area (Å²) in [5.41, 5.74) is 1.90. The zero-order valence-corrected chi connectivity index (χ0v) is 18.9. The van der Waals surface area contributed by atoms with Crippen LogP contribution in [0.25, 0.3) is 0 Å². The number of carbonyl (C=O) groups is 2. The lowest BCUT2D eigenvalue weighted by Crippen LogP contribution is -2.46. The Bertz CT molecular complexity index is 1060. The largest absolute Gasteiger partial charge is 0.480 e. The van der Waals surface area contributed by atoms with Crippen LogP contribution < -0.4 is 0 Å². The van der Waals surface area contributed by atoms with Gasteiger partial charge in [-0.25, -0.2) is 4.79 Å². The van der Waals surface area contributed by atoms with Gasteiger partial charge in [0.2, 0.25) is 0 Å². The van der Waals surface area contributed by atoms with Gasteiger partial charge in [0.1, 0.15) is 6.04 Å². The molecule has 7 heteroatoms. The van der Waals surface area contributed by atoms with E-state index in [1.807, 2.05) is 54.6 Å². The van der Waals surface area contributed by atoms with Gasteiger partial charge in [0.15, 0.2) is 0 Å². The Kier molecular flexibility index (Phi) is 7.53. The summed E-state index contributed by atoms with van der Waals surface area (Å²) in [5.74, 6) is -1.51. The SMILES string of the molecule is O=C(O)C(Cc1ccccc1)N(Cc1cccc(Br)c1)C(=O)c1ccc(Cl)c(Cl)c1. The Hall–Kier alpha value is -2.34. The molecule has 0 bridgehead atoms. The first-order chi connectivity index (χ1) is 14.3. The Morgan fingerprint density at radius 2 is 1.60 bits per heavy atom. The molecule has 0 saturated heterocycles. The maximum absolute atomic E-state index is 13.4. The molecule has 1 unspecified atom stereocenters. The van der Waals surface area contributed by atoms with Crippen LogP contribution in [0, 0.1) is 0 Å². The number of carboxylic acid groups (broad SMARTS) is 1. The molecule has 0 heterocycles. The lowest BCUT2D eigenvalue weighted by atomic mass is 10.0. The van der Waals surface area contributed by atoms with E-state index >= 15 is 0 Å². The minimum absolute atomic E-state index is 0.127. The van der Waals surface area contributed by atoms with E-state index in [2.05, 4.69) is 15.9 Å². The van der Waals surface area contributed by atoms with Crippen molar-refractivity contribution in [3.8, 4) is 0 Å². The van der Waals surface area contributed by atoms with Crippen molar-refractivity contribution < 1.29 is 14.7 Å². The van der Waals surface area contributed by atoms with Crippen LogP contribution in [-0.4, -0.2) is 27.9 Å². The van der Waals surface area contributed by atoms with E-state index in [4.69, 9.17) is 23.2 Å². The lowest BCUT2D eigenvalue weighted by Gasteiger charge is -2.29. The highest BCUT2D eigenvalue weighted by atomic mass is 79.9. The Morgan fingerprint density at radius 3 is 2.23 bits per heavy atom. The molecule has 0 aromatic heterocycles. The molecule has 0 saturated carbocycles. The first-order valence-corrected chi connectivity index (χ1v) is 10.7. The number of hydrogen-bond donors (Lipinski definition) is 1. The van der Waals surface area contributed by atoms with Crippen molar-refractivity contribution in [2.45, 2.75) is 19.0 Å². The third-order valence-electron chi connectivity index (χ3n) is 4.60. The highest BCUT2D eigenvalue weighted by Gasteiger charge is 2.31. The van der Waals surface area contributed by atoms with Crippen molar-refractivity contribution in [2.24, 2.45) is 0 Å². The minimum atomic E-state index is -1.08. The van der Waals surface area contributed by atoms with Crippen LogP contribution in [0.5, 0.6) is 0 Å². The van der Waals surface area contributed by atoms with Crippen LogP contribution in [-0.2, 0) is 17.8 Å². The summed E-state index contributed by atoms with van der Waals surface area (Å²) in [5, 5.41) is 10.5. The molecule has 1 amide bonds. The summed E-state index contributed by atoms with van der Waals surface area (Å²) in [7, 11) is 0. The maximum atomic E-state index is 13.4. The second kappa shape index (κ2) is 10.1. The van der Waals surface area contributed by atoms with Gasteiger partial charge >= 0.3 is 5.97 Å². The molecule has 0 fully saturated rings. The molecule has 0 aliphatic carbocycles. The Balaban J connectivity index is 2.00. The maximum Gasteiger partial charge on any atom is 0.326 e. The van der Waals surface area contributed by atoms with Crippen LogP contribution in [0.15, 0.2) is 77.3 Å². The average Bonchev–Trinajstić information content (AvgIpc) is 2.73. The highest BCUT2D eigenvalue weighted by molar-refractivity contribution is 9.10. The monoisotopic (exact) mass is 505 g/mol. The van der Waals surface area contributed by atoms with Gasteiger partial charge < -0.3 is 10.0 Å². The van der Waals surface area contributed by atoms with E-state index < -0.39 is 17.9 Å². The molecule has 0 radical (unpaired) electrons. The molecule has 3 rings (SSSR count). The minimum Gasteiger partial charge on any atom is -0.480 e. The molecule has 1 N–H and O–H groups in total. The molecule has 154 valence electrons. The van der Waals surface area contributed by atoms with Gasteiger partial charge in [0, 0.05) is 23.0 Å². The summed E-state index contributed by atoms with van der Waals surface area (Å²) in [6.45, 7) is 0.127. The van der Waals surface area contributed by atoms with E-state index in [0.717, 1.165) is 15.6 Å². The summed E-state index contributed by atoms with van der Waals surface area (Å²) >= 11 is 15.5. The highest BCUT2D eigenvalue weighted by Crippen LogP contribution is 2.25. The van der Waals surface area contributed by atoms with Crippen LogP contribution in [0.3, 0.4) is 0 Å². The molecule has 30 heavy (non-hydrogen) atoms. The van der Waals surface area contributed by atoms with E-state index in [-0.39, 0.29) is 23.6 Å². The molecule has 3 aromatic rings. The fourth-order valence-electron chi connectivity index (χ4n) is 3.12. The molecule has 0 aliphatic heterocycles. The number of carbonyl (C=O) groups excluding carboxylic acids is 1. The van der Waals surface area contributed by atoms with Gasteiger partial charge in [-0.15, -0.1) is 0 Å². The number of halogens is 3. The van der Waals surface area contributed by atoms with Gasteiger partial charge in [0.25, 0.3) is 5.91 Å². The summed E-state index contributed by atoms with van der Waals surface area (Å²) in [4.78, 5) is 26.9. The number of rotatable bonds is 7. The number of hydrogen-bond acceptors (Lipinski definition) is 2. The molecular formula is C23H18BrCl2NO3. The summed E-state index contributed by atoms with van der Waals surface area (Å²) in [6, 6.07) is 20.1. The summed E-state index contributed by atoms with van der Waals surface area (Å²) < 4.78 is 0.844. The molecule has 0 aliphatic rings. The van der Waals surface area contributed by atoms with Crippen molar-refractivity contribution in [2.75, 3.05) is 0 Å². The van der Waals surface area contributed by atoms with Crippen LogP contribution in [0.2, 0.25) is 10.0 Å². The van der Waals surface area contributed by atoms with Crippen molar-refractivity contribution in [1.29, 1.82) is 0 Å². The predicted molar refractivity (Wildman–Crippen MR) is 122 cm³/mol. The number of nitrogens with zero attached hydrogens (tertiary/aromatic N) is 1. The third kappa shape index (κ3) is 5.63. The third-order valence-corrected chi connectivity index (χ3v) is 5.83. The number of aliphatic carboxylic acids is 1. The van der Waals surface area contributed by atoms with Gasteiger partial charge in [-0.1, -0.05) is 81.6 Å². The van der Waals surface area contributed by atoms with Crippen LogP contribution in [0.1, 0.15) is 21.5 Å². The second-order valence-corrected chi connectivity index (χ2v) is 8.47. The number of amides is 1. The molecule has 1 atom stereocenters. The summed E-state index contributed by atoms with van der Waals surface area (Å²) in [6.07, 6.45) is 0.178. The molecule has 4 nitrogen and oxygen atoms in total.